The third-order valence-electron chi connectivity index (χ3n) is 4.06. The van der Waals surface area contributed by atoms with E-state index in [2.05, 4.69) is 0 Å². The smallest absolute Gasteiger partial charge is 0.151 e. The quantitative estimate of drug-likeness (QED) is 0.478. The van der Waals surface area contributed by atoms with Gasteiger partial charge in [-0.15, -0.1) is 0 Å². The molecule has 0 bridgehead atoms. The lowest BCUT2D eigenvalue weighted by Crippen LogP contribution is -2.17. The van der Waals surface area contributed by atoms with Gasteiger partial charge in [0.25, 0.3) is 0 Å². The molecule has 4 heteroatoms. The molecule has 0 saturated carbocycles. The first-order chi connectivity index (χ1) is 7.27. The maximum Gasteiger partial charge on any atom is 0.151 e. The van der Waals surface area contributed by atoms with E-state index in [0.29, 0.717) is 24.6 Å². The van der Waals surface area contributed by atoms with Gasteiger partial charge in [-0.25, -0.2) is 0 Å². The van der Waals surface area contributed by atoms with Crippen LogP contribution in [0.1, 0.15) is 27.7 Å². The minimum Gasteiger partial charge on any atom is -0.315 e. The zero-order valence-electron chi connectivity index (χ0n) is 10.5. The van der Waals surface area contributed by atoms with Crippen molar-refractivity contribution in [2.75, 3.05) is 24.6 Å². The second kappa shape index (κ2) is 3.72. The van der Waals surface area contributed by atoms with Crippen LogP contribution in [0.3, 0.4) is 0 Å². The first-order valence-corrected chi connectivity index (χ1v) is 10.6. The standard InChI is InChI=1S/C12H20O2P2/c1-9-5-15(13)7-11(3)12(4)8-16(15,14)6-10(9)2/h5-8H2,1-4H3. The van der Waals surface area contributed by atoms with E-state index in [1.807, 2.05) is 27.7 Å². The van der Waals surface area contributed by atoms with Crippen molar-refractivity contribution in [3.8, 4) is 0 Å². The fourth-order valence-electron chi connectivity index (χ4n) is 2.65. The van der Waals surface area contributed by atoms with Gasteiger partial charge in [-0.2, -0.15) is 0 Å². The molecule has 0 radical (unpaired) electrons. The molecule has 2 rings (SSSR count). The number of hydrogen-bond acceptors (Lipinski definition) is 2. The van der Waals surface area contributed by atoms with Crippen molar-refractivity contribution < 1.29 is 9.13 Å². The van der Waals surface area contributed by atoms with Crippen molar-refractivity contribution in [2.24, 2.45) is 0 Å². The Morgan fingerprint density at radius 1 is 0.625 bits per heavy atom. The molecular weight excluding hydrogens is 238 g/mol. The van der Waals surface area contributed by atoms with E-state index in [-0.39, 0.29) is 0 Å². The summed E-state index contributed by atoms with van der Waals surface area (Å²) >= 11 is 0. The van der Waals surface area contributed by atoms with E-state index in [4.69, 9.17) is 0 Å². The predicted octanol–water partition coefficient (Wildman–Crippen LogP) is 4.33. The molecule has 0 fully saturated rings. The largest absolute Gasteiger partial charge is 0.315 e. The van der Waals surface area contributed by atoms with Crippen LogP contribution in [0.25, 0.3) is 0 Å². The molecule has 2 aliphatic rings. The molecule has 0 aromatic carbocycles. The Hall–Kier alpha value is -0.0600. The lowest BCUT2D eigenvalue weighted by atomic mass is 10.2. The molecule has 0 aromatic rings. The van der Waals surface area contributed by atoms with Crippen LogP contribution in [0.2, 0.25) is 0 Å². The summed E-state index contributed by atoms with van der Waals surface area (Å²) in [6.07, 6.45) is 2.39. The van der Waals surface area contributed by atoms with E-state index in [0.717, 1.165) is 0 Å². The molecular formula is C12H20O2P2. The lowest BCUT2D eigenvalue weighted by molar-refractivity contribution is 0.564. The maximum atomic E-state index is 12.9. The summed E-state index contributed by atoms with van der Waals surface area (Å²) < 4.78 is 25.8. The van der Waals surface area contributed by atoms with Gasteiger partial charge < -0.3 is 9.13 Å². The Morgan fingerprint density at radius 3 is 1.00 bits per heavy atom. The normalized spacial score (nSPS) is 40.0. The van der Waals surface area contributed by atoms with Crippen molar-refractivity contribution in [1.82, 2.24) is 0 Å². The zero-order valence-corrected chi connectivity index (χ0v) is 12.3. The number of hydrogen-bond donors (Lipinski definition) is 0. The SMILES string of the molecule is CC1=C(C)CP2(=O)CC(C)=C(C)CP2(=O)C1. The van der Waals surface area contributed by atoms with Gasteiger partial charge in [0.15, 0.2) is 13.7 Å². The summed E-state index contributed by atoms with van der Waals surface area (Å²) in [4.78, 5) is 0. The molecule has 0 unspecified atom stereocenters. The highest BCUT2D eigenvalue weighted by molar-refractivity contribution is 8.36. The molecule has 0 saturated heterocycles. The van der Waals surface area contributed by atoms with Gasteiger partial charge in [0.1, 0.15) is 0 Å². The predicted molar refractivity (Wildman–Crippen MR) is 71.4 cm³/mol. The van der Waals surface area contributed by atoms with Gasteiger partial charge in [0, 0.05) is 24.6 Å². The van der Waals surface area contributed by atoms with Crippen LogP contribution in [0.5, 0.6) is 0 Å². The monoisotopic (exact) mass is 258 g/mol. The fourth-order valence-corrected chi connectivity index (χ4v) is 13.6. The van der Waals surface area contributed by atoms with Gasteiger partial charge in [0.2, 0.25) is 0 Å². The number of allylic oxidation sites excluding steroid dienone is 4. The average molecular weight is 258 g/mol. The molecule has 90 valence electrons. The maximum absolute atomic E-state index is 12.9. The van der Waals surface area contributed by atoms with E-state index < -0.39 is 13.7 Å². The third-order valence-corrected chi connectivity index (χ3v) is 14.9. The van der Waals surface area contributed by atoms with Gasteiger partial charge >= 0.3 is 0 Å². The lowest BCUT2D eigenvalue weighted by Gasteiger charge is -2.38. The van der Waals surface area contributed by atoms with Crippen molar-refractivity contribution in [3.63, 3.8) is 0 Å². The van der Waals surface area contributed by atoms with Gasteiger partial charge in [-0.05, 0) is 27.7 Å². The summed E-state index contributed by atoms with van der Waals surface area (Å²) in [5, 5.41) is 0. The molecule has 0 aromatic heterocycles. The van der Waals surface area contributed by atoms with Crippen LogP contribution in [0.15, 0.2) is 22.3 Å². The Morgan fingerprint density at radius 2 is 0.812 bits per heavy atom. The summed E-state index contributed by atoms with van der Waals surface area (Å²) in [5.74, 6) is 0. The molecule has 0 aliphatic carbocycles. The van der Waals surface area contributed by atoms with E-state index in [1.54, 1.807) is 0 Å². The molecule has 0 atom stereocenters. The molecule has 2 heterocycles. The highest BCUT2D eigenvalue weighted by atomic mass is 32.1. The topological polar surface area (TPSA) is 34.1 Å². The molecule has 0 N–H and O–H groups in total. The number of rotatable bonds is 0. The van der Waals surface area contributed by atoms with Crippen LogP contribution < -0.4 is 0 Å². The van der Waals surface area contributed by atoms with Crippen molar-refractivity contribution >= 4 is 13.7 Å². The van der Waals surface area contributed by atoms with Crippen molar-refractivity contribution in [2.45, 2.75) is 27.7 Å². The third kappa shape index (κ3) is 1.71. The second-order valence-electron chi connectivity index (χ2n) is 5.45. The Labute approximate surface area is 97.8 Å². The summed E-state index contributed by atoms with van der Waals surface area (Å²) in [7, 11) is 0. The summed E-state index contributed by atoms with van der Waals surface area (Å²) in [6, 6.07) is 0. The highest BCUT2D eigenvalue weighted by Gasteiger charge is 2.48. The van der Waals surface area contributed by atoms with Crippen molar-refractivity contribution in [3.05, 3.63) is 22.3 Å². The summed E-state index contributed by atoms with van der Waals surface area (Å²) in [5.41, 5.74) is 4.84. The van der Waals surface area contributed by atoms with E-state index in [9.17, 15) is 9.13 Å². The van der Waals surface area contributed by atoms with Crippen LogP contribution in [0, 0.1) is 0 Å². The van der Waals surface area contributed by atoms with E-state index >= 15 is 0 Å². The van der Waals surface area contributed by atoms with Crippen LogP contribution in [-0.2, 0) is 9.13 Å². The first-order valence-electron chi connectivity index (χ1n) is 5.74. The number of fused-ring (bicyclic) bond motifs is 1. The Balaban J connectivity index is 2.53. The molecule has 16 heavy (non-hydrogen) atoms. The molecule has 0 amide bonds. The van der Waals surface area contributed by atoms with Crippen LogP contribution >= 0.6 is 13.7 Å². The molecule has 0 spiro atoms. The average Bonchev–Trinajstić information content (AvgIpc) is 2.12. The zero-order chi connectivity index (χ0) is 12.1. The molecule has 2 aliphatic heterocycles. The van der Waals surface area contributed by atoms with Gasteiger partial charge in [-0.3, -0.25) is 0 Å². The minimum absolute atomic E-state index is 0.598. The van der Waals surface area contributed by atoms with Crippen molar-refractivity contribution in [1.29, 1.82) is 0 Å². The highest BCUT2D eigenvalue weighted by Crippen LogP contribution is 2.86. The van der Waals surface area contributed by atoms with E-state index in [1.165, 1.54) is 22.3 Å². The fraction of sp³-hybridized carbons (Fsp3) is 0.667. The molecule has 2 nitrogen and oxygen atoms in total. The minimum atomic E-state index is -2.48. The van der Waals surface area contributed by atoms with Crippen LogP contribution in [-0.4, -0.2) is 24.6 Å². The summed E-state index contributed by atoms with van der Waals surface area (Å²) in [6.45, 7) is 3.21. The van der Waals surface area contributed by atoms with Gasteiger partial charge in [0.05, 0.1) is 0 Å². The Bertz CT molecular complexity index is 415. The Kier molecular flexibility index (Phi) is 2.88. The first kappa shape index (κ1) is 12.4. The second-order valence-corrected chi connectivity index (χ2v) is 14.5. The van der Waals surface area contributed by atoms with Gasteiger partial charge in [-0.1, -0.05) is 22.3 Å². The van der Waals surface area contributed by atoms with Crippen LogP contribution in [0.4, 0.5) is 0 Å².